The molecule has 34 heavy (non-hydrogen) atoms. The maximum Gasteiger partial charge on any atom is 0.407 e. The van der Waals surface area contributed by atoms with Crippen molar-refractivity contribution in [2.45, 2.75) is 50.6 Å². The molecule has 1 aliphatic rings. The third kappa shape index (κ3) is 6.35. The van der Waals surface area contributed by atoms with Gasteiger partial charge in [-0.15, -0.1) is 0 Å². The summed E-state index contributed by atoms with van der Waals surface area (Å²) in [7, 11) is 1.51. The van der Waals surface area contributed by atoms with E-state index < -0.39 is 30.1 Å². The number of carboxylic acids is 1. The number of fused-ring (bicyclic) bond motifs is 3. The predicted molar refractivity (Wildman–Crippen MR) is 128 cm³/mol. The van der Waals surface area contributed by atoms with Gasteiger partial charge in [-0.1, -0.05) is 61.9 Å². The van der Waals surface area contributed by atoms with Crippen molar-refractivity contribution in [1.29, 1.82) is 0 Å². The van der Waals surface area contributed by atoms with Crippen molar-refractivity contribution in [3.05, 3.63) is 59.7 Å². The second kappa shape index (κ2) is 12.2. The largest absolute Gasteiger partial charge is 0.481 e. The van der Waals surface area contributed by atoms with Gasteiger partial charge in [0.25, 0.3) is 0 Å². The number of methoxy groups -OCH3 is 1. The Hall–Kier alpha value is -3.39. The van der Waals surface area contributed by atoms with Gasteiger partial charge >= 0.3 is 12.1 Å². The third-order valence-corrected chi connectivity index (χ3v) is 5.97. The highest BCUT2D eigenvalue weighted by atomic mass is 16.5. The fourth-order valence-electron chi connectivity index (χ4n) is 4.37. The summed E-state index contributed by atoms with van der Waals surface area (Å²) in [6, 6.07) is 14.7. The number of ether oxygens (including phenoxy) is 2. The molecule has 1 aliphatic carbocycles. The summed E-state index contributed by atoms with van der Waals surface area (Å²) in [4.78, 5) is 36.6. The number of aliphatic carboxylic acids is 1. The van der Waals surface area contributed by atoms with Gasteiger partial charge in [-0.3, -0.25) is 9.59 Å². The van der Waals surface area contributed by atoms with Crippen LogP contribution in [0.3, 0.4) is 0 Å². The Bertz CT molecular complexity index is 963. The molecule has 8 nitrogen and oxygen atoms in total. The summed E-state index contributed by atoms with van der Waals surface area (Å²) in [5.74, 6) is -1.53. The number of rotatable bonds is 12. The number of hydrogen-bond donors (Lipinski definition) is 3. The van der Waals surface area contributed by atoms with E-state index in [0.29, 0.717) is 6.42 Å². The fourth-order valence-corrected chi connectivity index (χ4v) is 4.37. The second-order valence-corrected chi connectivity index (χ2v) is 8.40. The number of alkyl carbamates (subject to hydrolysis) is 1. The maximum absolute atomic E-state index is 12.8. The van der Waals surface area contributed by atoms with Gasteiger partial charge < -0.3 is 25.2 Å². The van der Waals surface area contributed by atoms with Crippen LogP contribution in [0.15, 0.2) is 48.5 Å². The van der Waals surface area contributed by atoms with Crippen molar-refractivity contribution in [2.24, 2.45) is 0 Å². The zero-order valence-corrected chi connectivity index (χ0v) is 19.6. The molecule has 3 rings (SSSR count). The first-order valence-electron chi connectivity index (χ1n) is 11.6. The van der Waals surface area contributed by atoms with Crippen LogP contribution in [0.4, 0.5) is 4.79 Å². The van der Waals surface area contributed by atoms with Gasteiger partial charge in [0.05, 0.1) is 6.42 Å². The predicted octanol–water partition coefficient (Wildman–Crippen LogP) is 3.69. The monoisotopic (exact) mass is 468 g/mol. The van der Waals surface area contributed by atoms with Crippen molar-refractivity contribution in [3.8, 4) is 11.1 Å². The highest BCUT2D eigenvalue weighted by Gasteiger charge is 2.30. The lowest BCUT2D eigenvalue weighted by Gasteiger charge is -2.22. The molecule has 0 saturated carbocycles. The molecule has 2 atom stereocenters. The summed E-state index contributed by atoms with van der Waals surface area (Å²) in [5.41, 5.74) is 4.46. The van der Waals surface area contributed by atoms with Gasteiger partial charge in [0, 0.05) is 32.1 Å². The summed E-state index contributed by atoms with van der Waals surface area (Å²) in [6.07, 6.45) is 0.601. The Morgan fingerprint density at radius 1 is 0.971 bits per heavy atom. The highest BCUT2D eigenvalue weighted by molar-refractivity contribution is 5.86. The minimum atomic E-state index is -0.989. The zero-order valence-electron chi connectivity index (χ0n) is 19.6. The molecule has 2 amide bonds. The van der Waals surface area contributed by atoms with Crippen molar-refractivity contribution in [1.82, 2.24) is 10.6 Å². The average Bonchev–Trinajstić information content (AvgIpc) is 3.14. The topological polar surface area (TPSA) is 114 Å². The SMILES string of the molecule is CCC[C@H](CC(=O)O)NC(=O)C(CCOC)NC(=O)OCC1c2ccccc2-c2ccccc21. The normalized spacial score (nSPS) is 13.9. The van der Waals surface area contributed by atoms with Crippen molar-refractivity contribution in [2.75, 3.05) is 20.3 Å². The molecular formula is C26H32N2O6. The standard InChI is InChI=1S/C26H32N2O6/c1-3-8-17(15-24(29)30)27-25(31)23(13-14-33-2)28-26(32)34-16-22-20-11-6-4-9-18(20)19-10-5-7-12-21(19)22/h4-7,9-12,17,22-23H,3,8,13-16H2,1-2H3,(H,27,31)(H,28,32)(H,29,30)/t17-,23?/m1/s1. The van der Waals surface area contributed by atoms with Gasteiger partial charge in [-0.05, 0) is 28.7 Å². The quantitative estimate of drug-likeness (QED) is 0.438. The minimum absolute atomic E-state index is 0.0890. The van der Waals surface area contributed by atoms with Crippen LogP contribution >= 0.6 is 0 Å². The average molecular weight is 469 g/mol. The number of hydrogen-bond acceptors (Lipinski definition) is 5. The van der Waals surface area contributed by atoms with Gasteiger partial charge in [-0.25, -0.2) is 4.79 Å². The van der Waals surface area contributed by atoms with E-state index in [1.165, 1.54) is 7.11 Å². The summed E-state index contributed by atoms with van der Waals surface area (Å²) >= 11 is 0. The first-order valence-corrected chi connectivity index (χ1v) is 11.6. The molecule has 182 valence electrons. The molecule has 0 fully saturated rings. The Balaban J connectivity index is 1.64. The minimum Gasteiger partial charge on any atom is -0.481 e. The molecular weight excluding hydrogens is 436 g/mol. The van der Waals surface area contributed by atoms with Crippen LogP contribution in [0, 0.1) is 0 Å². The molecule has 0 radical (unpaired) electrons. The number of carboxylic acid groups (broad SMARTS) is 1. The van der Waals surface area contributed by atoms with Crippen LogP contribution in [-0.4, -0.2) is 55.5 Å². The zero-order chi connectivity index (χ0) is 24.5. The Morgan fingerprint density at radius 2 is 1.59 bits per heavy atom. The van der Waals surface area contributed by atoms with Crippen molar-refractivity contribution in [3.63, 3.8) is 0 Å². The first-order chi connectivity index (χ1) is 16.4. The molecule has 1 unspecified atom stereocenters. The van der Waals surface area contributed by atoms with E-state index in [2.05, 4.69) is 22.8 Å². The number of carbonyl (C=O) groups is 3. The lowest BCUT2D eigenvalue weighted by atomic mass is 9.98. The number of carbonyl (C=O) groups excluding carboxylic acids is 2. The Labute approximate surface area is 199 Å². The first kappa shape index (κ1) is 25.2. The van der Waals surface area contributed by atoms with Crippen LogP contribution in [0.25, 0.3) is 11.1 Å². The number of nitrogens with one attached hydrogen (secondary N) is 2. The van der Waals surface area contributed by atoms with Gasteiger partial charge in [0.15, 0.2) is 0 Å². The smallest absolute Gasteiger partial charge is 0.407 e. The van der Waals surface area contributed by atoms with Crippen LogP contribution in [-0.2, 0) is 19.1 Å². The lowest BCUT2D eigenvalue weighted by Crippen LogP contribution is -2.50. The van der Waals surface area contributed by atoms with E-state index in [-0.39, 0.29) is 32.0 Å². The van der Waals surface area contributed by atoms with E-state index in [9.17, 15) is 14.4 Å². The van der Waals surface area contributed by atoms with Crippen LogP contribution < -0.4 is 10.6 Å². The van der Waals surface area contributed by atoms with Crippen molar-refractivity contribution < 1.29 is 29.0 Å². The number of benzene rings is 2. The molecule has 0 saturated heterocycles. The van der Waals surface area contributed by atoms with Gasteiger partial charge in [0.1, 0.15) is 12.6 Å². The Kier molecular flexibility index (Phi) is 9.04. The number of amides is 2. The molecule has 2 aromatic rings. The molecule has 0 spiro atoms. The van der Waals surface area contributed by atoms with E-state index in [1.807, 2.05) is 43.3 Å². The molecule has 8 heteroatoms. The molecule has 0 bridgehead atoms. The van der Waals surface area contributed by atoms with E-state index in [0.717, 1.165) is 28.7 Å². The third-order valence-electron chi connectivity index (χ3n) is 5.97. The molecule has 0 heterocycles. The van der Waals surface area contributed by atoms with Crippen molar-refractivity contribution >= 4 is 18.0 Å². The molecule has 0 aromatic heterocycles. The van der Waals surface area contributed by atoms with E-state index in [1.54, 1.807) is 0 Å². The lowest BCUT2D eigenvalue weighted by molar-refractivity contribution is -0.137. The summed E-state index contributed by atoms with van der Waals surface area (Å²) < 4.78 is 10.6. The second-order valence-electron chi connectivity index (χ2n) is 8.40. The van der Waals surface area contributed by atoms with Crippen LogP contribution in [0.2, 0.25) is 0 Å². The van der Waals surface area contributed by atoms with Gasteiger partial charge in [-0.2, -0.15) is 0 Å². The van der Waals surface area contributed by atoms with Gasteiger partial charge in [0.2, 0.25) is 5.91 Å². The van der Waals surface area contributed by atoms with Crippen LogP contribution in [0.1, 0.15) is 49.7 Å². The maximum atomic E-state index is 12.8. The molecule has 0 aliphatic heterocycles. The molecule has 2 aromatic carbocycles. The molecule has 3 N–H and O–H groups in total. The summed E-state index contributed by atoms with van der Waals surface area (Å²) in [6.45, 7) is 2.30. The fraction of sp³-hybridized carbons (Fsp3) is 0.423. The summed E-state index contributed by atoms with van der Waals surface area (Å²) in [5, 5.41) is 14.5. The van der Waals surface area contributed by atoms with Crippen LogP contribution in [0.5, 0.6) is 0 Å². The van der Waals surface area contributed by atoms with E-state index >= 15 is 0 Å². The Morgan fingerprint density at radius 3 is 2.15 bits per heavy atom. The van der Waals surface area contributed by atoms with E-state index in [4.69, 9.17) is 14.6 Å². The highest BCUT2D eigenvalue weighted by Crippen LogP contribution is 2.44.